The Kier molecular flexibility index (Phi) is 5.85. The molecule has 3 nitrogen and oxygen atoms in total. The fourth-order valence-corrected chi connectivity index (χ4v) is 3.11. The average molecular weight is 297 g/mol. The van der Waals surface area contributed by atoms with E-state index in [2.05, 4.69) is 23.9 Å². The van der Waals surface area contributed by atoms with Crippen molar-refractivity contribution in [3.05, 3.63) is 34.9 Å². The van der Waals surface area contributed by atoms with E-state index in [4.69, 9.17) is 11.6 Å². The van der Waals surface area contributed by atoms with Crippen LogP contribution in [0.15, 0.2) is 24.3 Å². The Morgan fingerprint density at radius 1 is 1.35 bits per heavy atom. The van der Waals surface area contributed by atoms with Gasteiger partial charge in [0.1, 0.15) is 0 Å². The second-order valence-electron chi connectivity index (χ2n) is 5.84. The molecule has 0 saturated carbocycles. The molecule has 1 aliphatic rings. The van der Waals surface area contributed by atoms with Gasteiger partial charge in [0.05, 0.1) is 6.10 Å². The first kappa shape index (κ1) is 15.8. The summed E-state index contributed by atoms with van der Waals surface area (Å²) in [6.07, 6.45) is 2.69. The summed E-state index contributed by atoms with van der Waals surface area (Å²) in [7, 11) is 4.34. The van der Waals surface area contributed by atoms with Crippen LogP contribution in [-0.4, -0.2) is 54.7 Å². The number of benzene rings is 1. The van der Waals surface area contributed by atoms with Gasteiger partial charge >= 0.3 is 0 Å². The van der Waals surface area contributed by atoms with Gasteiger partial charge in [0.2, 0.25) is 0 Å². The van der Waals surface area contributed by atoms with E-state index in [-0.39, 0.29) is 0 Å². The van der Waals surface area contributed by atoms with Gasteiger partial charge in [0.25, 0.3) is 0 Å². The van der Waals surface area contributed by atoms with Gasteiger partial charge in [-0.15, -0.1) is 0 Å². The predicted octanol–water partition coefficient (Wildman–Crippen LogP) is 2.79. The lowest BCUT2D eigenvalue weighted by Crippen LogP contribution is -2.42. The molecule has 0 aromatic heterocycles. The van der Waals surface area contributed by atoms with Gasteiger partial charge in [-0.1, -0.05) is 29.8 Å². The summed E-state index contributed by atoms with van der Waals surface area (Å²) in [6, 6.07) is 8.20. The monoisotopic (exact) mass is 296 g/mol. The van der Waals surface area contributed by atoms with Crippen molar-refractivity contribution >= 4 is 11.6 Å². The van der Waals surface area contributed by atoms with Crippen LogP contribution >= 0.6 is 11.6 Å². The van der Waals surface area contributed by atoms with Crippen LogP contribution in [0.5, 0.6) is 0 Å². The Bertz CT molecular complexity index is 419. The maximum absolute atomic E-state index is 10.3. The molecule has 2 rings (SSSR count). The van der Waals surface area contributed by atoms with E-state index in [1.54, 1.807) is 0 Å². The predicted molar refractivity (Wildman–Crippen MR) is 84.2 cm³/mol. The van der Waals surface area contributed by atoms with Crippen molar-refractivity contribution in [2.24, 2.45) is 0 Å². The number of nitrogens with zero attached hydrogens (tertiary/aromatic N) is 2. The minimum atomic E-state index is -0.475. The normalized spacial score (nSPS) is 19.4. The van der Waals surface area contributed by atoms with Crippen LogP contribution in [-0.2, 0) is 0 Å². The highest BCUT2D eigenvalue weighted by Gasteiger charge is 2.21. The molecule has 0 amide bonds. The maximum Gasteiger partial charge on any atom is 0.0816 e. The van der Waals surface area contributed by atoms with Crippen molar-refractivity contribution in [2.75, 3.05) is 33.7 Å². The largest absolute Gasteiger partial charge is 0.388 e. The zero-order valence-electron chi connectivity index (χ0n) is 12.4. The third-order valence-corrected chi connectivity index (χ3v) is 4.68. The second kappa shape index (κ2) is 7.41. The van der Waals surface area contributed by atoms with E-state index in [1.807, 2.05) is 24.3 Å². The molecule has 1 heterocycles. The van der Waals surface area contributed by atoms with Crippen molar-refractivity contribution in [1.29, 1.82) is 0 Å². The van der Waals surface area contributed by atoms with Crippen molar-refractivity contribution in [3.8, 4) is 0 Å². The van der Waals surface area contributed by atoms with E-state index >= 15 is 0 Å². The van der Waals surface area contributed by atoms with Crippen LogP contribution in [0.1, 0.15) is 30.9 Å². The van der Waals surface area contributed by atoms with Gasteiger partial charge in [-0.05, 0) is 58.1 Å². The minimum absolute atomic E-state index is 0.475. The first-order valence-corrected chi connectivity index (χ1v) is 7.77. The molecule has 1 saturated heterocycles. The zero-order valence-corrected chi connectivity index (χ0v) is 13.2. The number of likely N-dealkylation sites (tertiary alicyclic amines) is 1. The van der Waals surface area contributed by atoms with E-state index < -0.39 is 6.10 Å². The maximum atomic E-state index is 10.3. The third kappa shape index (κ3) is 4.19. The van der Waals surface area contributed by atoms with Crippen molar-refractivity contribution in [1.82, 2.24) is 9.80 Å². The molecule has 1 aliphatic heterocycles. The van der Waals surface area contributed by atoms with Crippen LogP contribution in [0.25, 0.3) is 0 Å². The molecule has 0 bridgehead atoms. The Balaban J connectivity index is 1.81. The number of aliphatic hydroxyl groups is 1. The van der Waals surface area contributed by atoms with Gasteiger partial charge in [-0.3, -0.25) is 0 Å². The Hall–Kier alpha value is -0.610. The van der Waals surface area contributed by atoms with Gasteiger partial charge in [0, 0.05) is 17.6 Å². The molecule has 1 N–H and O–H groups in total. The van der Waals surface area contributed by atoms with E-state index in [0.717, 1.165) is 18.5 Å². The number of rotatable bonds is 5. The molecule has 0 radical (unpaired) electrons. The highest BCUT2D eigenvalue weighted by Crippen LogP contribution is 2.25. The molecule has 1 aromatic rings. The number of hydrogen-bond donors (Lipinski definition) is 1. The number of piperidine rings is 1. The highest BCUT2D eigenvalue weighted by atomic mass is 35.5. The lowest BCUT2D eigenvalue weighted by Gasteiger charge is -2.35. The summed E-state index contributed by atoms with van der Waals surface area (Å²) in [5.41, 5.74) is 0.839. The first-order valence-electron chi connectivity index (χ1n) is 7.39. The van der Waals surface area contributed by atoms with Gasteiger partial charge in [0.15, 0.2) is 0 Å². The van der Waals surface area contributed by atoms with Crippen LogP contribution in [0.3, 0.4) is 0 Å². The second-order valence-corrected chi connectivity index (χ2v) is 6.25. The van der Waals surface area contributed by atoms with Crippen molar-refractivity contribution in [3.63, 3.8) is 0 Å². The smallest absolute Gasteiger partial charge is 0.0816 e. The van der Waals surface area contributed by atoms with E-state index in [9.17, 15) is 5.11 Å². The van der Waals surface area contributed by atoms with E-state index in [1.165, 1.54) is 25.9 Å². The van der Waals surface area contributed by atoms with E-state index in [0.29, 0.717) is 11.1 Å². The molecule has 1 aromatic carbocycles. The Labute approximate surface area is 127 Å². The molecule has 0 aliphatic carbocycles. The lowest BCUT2D eigenvalue weighted by atomic mass is 10.0. The quantitative estimate of drug-likeness (QED) is 0.905. The highest BCUT2D eigenvalue weighted by molar-refractivity contribution is 6.31. The summed E-state index contributed by atoms with van der Waals surface area (Å²) < 4.78 is 0. The lowest BCUT2D eigenvalue weighted by molar-refractivity contribution is 0.110. The van der Waals surface area contributed by atoms with Crippen LogP contribution < -0.4 is 0 Å². The fraction of sp³-hybridized carbons (Fsp3) is 0.625. The molecule has 4 heteroatoms. The minimum Gasteiger partial charge on any atom is -0.388 e. The molecule has 0 spiro atoms. The average Bonchev–Trinajstić information content (AvgIpc) is 2.45. The van der Waals surface area contributed by atoms with Gasteiger partial charge in [-0.25, -0.2) is 0 Å². The topological polar surface area (TPSA) is 26.7 Å². The third-order valence-electron chi connectivity index (χ3n) is 4.33. The summed E-state index contributed by atoms with van der Waals surface area (Å²) >= 11 is 6.12. The first-order chi connectivity index (χ1) is 9.58. The number of aliphatic hydroxyl groups excluding tert-OH is 1. The Morgan fingerprint density at radius 2 is 2.00 bits per heavy atom. The summed E-state index contributed by atoms with van der Waals surface area (Å²) in [5.74, 6) is 0. The molecular weight excluding hydrogens is 272 g/mol. The Morgan fingerprint density at radius 3 is 2.65 bits per heavy atom. The van der Waals surface area contributed by atoms with Crippen molar-refractivity contribution in [2.45, 2.75) is 31.4 Å². The summed E-state index contributed by atoms with van der Waals surface area (Å²) in [4.78, 5) is 4.76. The number of hydrogen-bond acceptors (Lipinski definition) is 3. The molecular formula is C16H25ClN2O. The fourth-order valence-electron chi connectivity index (χ4n) is 2.85. The summed E-state index contributed by atoms with van der Waals surface area (Å²) in [5, 5.41) is 10.9. The summed E-state index contributed by atoms with van der Waals surface area (Å²) in [6.45, 7) is 3.24. The molecule has 1 fully saturated rings. The molecule has 20 heavy (non-hydrogen) atoms. The molecule has 112 valence electrons. The van der Waals surface area contributed by atoms with Gasteiger partial charge in [-0.2, -0.15) is 0 Å². The standard InChI is InChI=1S/C16H25ClN2O/c1-18-10-7-13(8-11-18)19(2)12-9-16(20)14-5-3-4-6-15(14)17/h3-6,13,16,20H,7-12H2,1-2H3. The number of halogens is 1. The SMILES string of the molecule is CN1CCC(N(C)CCC(O)c2ccccc2Cl)CC1. The van der Waals surface area contributed by atoms with Gasteiger partial charge < -0.3 is 14.9 Å². The van der Waals surface area contributed by atoms with Crippen LogP contribution in [0, 0.1) is 0 Å². The molecule has 1 atom stereocenters. The van der Waals surface area contributed by atoms with Crippen molar-refractivity contribution < 1.29 is 5.11 Å². The van der Waals surface area contributed by atoms with Crippen LogP contribution in [0.2, 0.25) is 5.02 Å². The molecule has 1 unspecified atom stereocenters. The zero-order chi connectivity index (χ0) is 14.5. The van der Waals surface area contributed by atoms with Crippen LogP contribution in [0.4, 0.5) is 0 Å².